The van der Waals surface area contributed by atoms with E-state index in [4.69, 9.17) is 21.1 Å². The maximum absolute atomic E-state index is 15.0. The summed E-state index contributed by atoms with van der Waals surface area (Å²) in [6.07, 6.45) is 1.71. The number of aryl methyl sites for hydroxylation is 1. The third kappa shape index (κ3) is 5.53. The first kappa shape index (κ1) is 26.8. The van der Waals surface area contributed by atoms with E-state index < -0.39 is 23.2 Å². The van der Waals surface area contributed by atoms with Crippen LogP contribution >= 0.6 is 11.6 Å². The Hall–Kier alpha value is -3.76. The maximum Gasteiger partial charge on any atom is 0.338 e. The second kappa shape index (κ2) is 11.2. The zero-order valence-corrected chi connectivity index (χ0v) is 22.2. The number of rotatable bonds is 8. The van der Waals surface area contributed by atoms with Crippen LogP contribution in [0.5, 0.6) is 11.6 Å². The summed E-state index contributed by atoms with van der Waals surface area (Å²) in [5.74, 6) is -1.12. The van der Waals surface area contributed by atoms with Crippen molar-refractivity contribution in [1.82, 2.24) is 19.4 Å². The fourth-order valence-electron chi connectivity index (χ4n) is 4.93. The summed E-state index contributed by atoms with van der Waals surface area (Å²) >= 11 is 5.82. The lowest BCUT2D eigenvalue weighted by molar-refractivity contribution is 0.0691. The van der Waals surface area contributed by atoms with Gasteiger partial charge in [0.25, 0.3) is 0 Å². The first-order valence-electron chi connectivity index (χ1n) is 12.5. The molecule has 11 heteroatoms. The van der Waals surface area contributed by atoms with Crippen LogP contribution in [0, 0.1) is 11.6 Å². The van der Waals surface area contributed by atoms with Gasteiger partial charge < -0.3 is 19.1 Å². The van der Waals surface area contributed by atoms with Crippen molar-refractivity contribution in [2.45, 2.75) is 31.9 Å². The van der Waals surface area contributed by atoms with Gasteiger partial charge in [0.15, 0.2) is 5.82 Å². The number of hydrogen-bond donors (Lipinski definition) is 1. The van der Waals surface area contributed by atoms with Crippen molar-refractivity contribution in [1.29, 1.82) is 0 Å². The Morgan fingerprint density at radius 2 is 1.92 bits per heavy atom. The predicted molar refractivity (Wildman–Crippen MR) is 141 cm³/mol. The fraction of sp³-hybridized carbons (Fsp3) is 0.321. The van der Waals surface area contributed by atoms with Crippen LogP contribution in [0.25, 0.3) is 11.0 Å². The summed E-state index contributed by atoms with van der Waals surface area (Å²) in [5.41, 5.74) is 1.27. The Morgan fingerprint density at radius 1 is 1.15 bits per heavy atom. The zero-order chi connectivity index (χ0) is 27.7. The lowest BCUT2D eigenvalue weighted by Crippen LogP contribution is -2.33. The highest BCUT2D eigenvalue weighted by atomic mass is 35.5. The molecule has 0 atom stereocenters. The number of imidazole rings is 1. The standard InChI is InChI=1S/C28H27ClF2N4O4/c1-34-23(33-26-22(38-2)13-19(28(36)37)25(31)27(26)34)14-35-10-8-16(9-11-35)21-4-3-5-24(32-21)39-15-17-6-7-18(29)12-20(17)30/h3-7,12-13,16H,8-11,14-15H2,1-2H3,(H,36,37). The molecule has 8 nitrogen and oxygen atoms in total. The number of carbonyl (C=O) groups is 1. The Bertz CT molecular complexity index is 1540. The molecule has 5 rings (SSSR count). The third-order valence-electron chi connectivity index (χ3n) is 7.10. The Labute approximate surface area is 228 Å². The van der Waals surface area contributed by atoms with Crippen molar-refractivity contribution in [3.05, 3.63) is 81.8 Å². The molecular formula is C28H27ClF2N4O4. The number of methoxy groups -OCH3 is 1. The number of hydrogen-bond acceptors (Lipinski definition) is 6. The Kier molecular flexibility index (Phi) is 7.67. The Balaban J connectivity index is 1.24. The number of piperidine rings is 1. The molecule has 2 aromatic heterocycles. The van der Waals surface area contributed by atoms with Crippen molar-refractivity contribution >= 4 is 28.6 Å². The van der Waals surface area contributed by atoms with Gasteiger partial charge in [0.1, 0.15) is 40.6 Å². The smallest absolute Gasteiger partial charge is 0.338 e. The van der Waals surface area contributed by atoms with E-state index in [1.807, 2.05) is 12.1 Å². The van der Waals surface area contributed by atoms with Gasteiger partial charge in [0.05, 0.1) is 13.7 Å². The van der Waals surface area contributed by atoms with Crippen LogP contribution in [0.1, 0.15) is 46.2 Å². The largest absolute Gasteiger partial charge is 0.494 e. The van der Waals surface area contributed by atoms with Crippen LogP contribution in [-0.4, -0.2) is 50.7 Å². The molecule has 204 valence electrons. The van der Waals surface area contributed by atoms with Crippen molar-refractivity contribution in [3.8, 4) is 11.6 Å². The van der Waals surface area contributed by atoms with Crippen molar-refractivity contribution in [2.24, 2.45) is 7.05 Å². The number of carboxylic acid groups (broad SMARTS) is 1. The van der Waals surface area contributed by atoms with Crippen molar-refractivity contribution < 1.29 is 28.2 Å². The summed E-state index contributed by atoms with van der Waals surface area (Å²) in [7, 11) is 3.08. The molecule has 2 aromatic carbocycles. The molecule has 0 bridgehead atoms. The quantitative estimate of drug-likeness (QED) is 0.304. The van der Waals surface area contributed by atoms with E-state index in [1.54, 1.807) is 29.8 Å². The Morgan fingerprint density at radius 3 is 2.62 bits per heavy atom. The van der Waals surface area contributed by atoms with Gasteiger partial charge in [0.2, 0.25) is 5.88 Å². The molecule has 39 heavy (non-hydrogen) atoms. The molecule has 3 heterocycles. The number of fused-ring (bicyclic) bond motifs is 1. The summed E-state index contributed by atoms with van der Waals surface area (Å²) < 4.78 is 41.7. The minimum Gasteiger partial charge on any atom is -0.494 e. The van der Waals surface area contributed by atoms with E-state index in [-0.39, 0.29) is 23.8 Å². The monoisotopic (exact) mass is 556 g/mol. The average molecular weight is 557 g/mol. The van der Waals surface area contributed by atoms with Crippen LogP contribution in [0.2, 0.25) is 5.02 Å². The van der Waals surface area contributed by atoms with E-state index in [9.17, 15) is 18.7 Å². The van der Waals surface area contributed by atoms with Gasteiger partial charge in [-0.1, -0.05) is 23.7 Å². The summed E-state index contributed by atoms with van der Waals surface area (Å²) in [5, 5.41) is 9.71. The van der Waals surface area contributed by atoms with E-state index in [2.05, 4.69) is 14.9 Å². The minimum atomic E-state index is -1.36. The first-order chi connectivity index (χ1) is 18.7. The molecule has 4 aromatic rings. The fourth-order valence-corrected chi connectivity index (χ4v) is 5.09. The highest BCUT2D eigenvalue weighted by Crippen LogP contribution is 2.33. The zero-order valence-electron chi connectivity index (χ0n) is 21.5. The third-order valence-corrected chi connectivity index (χ3v) is 7.33. The van der Waals surface area contributed by atoms with Crippen LogP contribution in [-0.2, 0) is 20.2 Å². The molecule has 1 saturated heterocycles. The second-order valence-corrected chi connectivity index (χ2v) is 9.94. The molecule has 1 N–H and O–H groups in total. The molecule has 1 aliphatic rings. The topological polar surface area (TPSA) is 89.7 Å². The SMILES string of the molecule is COc1cc(C(=O)O)c(F)c2c1nc(CN1CCC(c3cccc(OCc4ccc(Cl)cc4F)n3)CC1)n2C. The number of likely N-dealkylation sites (tertiary alicyclic amines) is 1. The number of carboxylic acids is 1. The number of ether oxygens (including phenoxy) is 2. The molecular weight excluding hydrogens is 530 g/mol. The first-order valence-corrected chi connectivity index (χ1v) is 12.8. The maximum atomic E-state index is 15.0. The van der Waals surface area contributed by atoms with Crippen LogP contribution in [0.3, 0.4) is 0 Å². The van der Waals surface area contributed by atoms with Crippen LogP contribution in [0.4, 0.5) is 8.78 Å². The number of aromatic carboxylic acids is 1. The average Bonchev–Trinajstić information content (AvgIpc) is 3.25. The van der Waals surface area contributed by atoms with E-state index in [0.717, 1.165) is 31.6 Å². The summed E-state index contributed by atoms with van der Waals surface area (Å²) in [4.78, 5) is 23.0. The second-order valence-electron chi connectivity index (χ2n) is 9.51. The van der Waals surface area contributed by atoms with E-state index in [1.165, 1.54) is 19.2 Å². The summed E-state index contributed by atoms with van der Waals surface area (Å²) in [6, 6.07) is 11.2. The lowest BCUT2D eigenvalue weighted by Gasteiger charge is -2.31. The molecule has 0 amide bonds. The molecule has 1 aliphatic heterocycles. The number of benzene rings is 2. The van der Waals surface area contributed by atoms with E-state index in [0.29, 0.717) is 34.4 Å². The van der Waals surface area contributed by atoms with Gasteiger partial charge in [-0.3, -0.25) is 4.90 Å². The molecule has 1 fully saturated rings. The number of nitrogens with zero attached hydrogens (tertiary/aromatic N) is 4. The van der Waals surface area contributed by atoms with Gasteiger partial charge >= 0.3 is 5.97 Å². The lowest BCUT2D eigenvalue weighted by atomic mass is 9.93. The normalized spacial score (nSPS) is 14.6. The van der Waals surface area contributed by atoms with Crippen LogP contribution in [0.15, 0.2) is 42.5 Å². The highest BCUT2D eigenvalue weighted by Gasteiger charge is 2.26. The predicted octanol–water partition coefficient (Wildman–Crippen LogP) is 5.57. The number of aromatic nitrogens is 3. The minimum absolute atomic E-state index is 0.0508. The van der Waals surface area contributed by atoms with Gasteiger partial charge in [-0.15, -0.1) is 0 Å². The van der Waals surface area contributed by atoms with Crippen LogP contribution < -0.4 is 9.47 Å². The van der Waals surface area contributed by atoms with Gasteiger partial charge in [0, 0.05) is 41.4 Å². The number of halogens is 3. The van der Waals surface area contributed by atoms with Gasteiger partial charge in [-0.25, -0.2) is 23.5 Å². The van der Waals surface area contributed by atoms with E-state index >= 15 is 0 Å². The highest BCUT2D eigenvalue weighted by molar-refractivity contribution is 6.30. The molecule has 0 spiro atoms. The molecule has 0 unspecified atom stereocenters. The van der Waals surface area contributed by atoms with Crippen molar-refractivity contribution in [3.63, 3.8) is 0 Å². The van der Waals surface area contributed by atoms with Gasteiger partial charge in [-0.05, 0) is 44.1 Å². The van der Waals surface area contributed by atoms with Crippen molar-refractivity contribution in [2.75, 3.05) is 20.2 Å². The number of pyridine rings is 1. The molecule has 0 saturated carbocycles. The molecule has 0 aliphatic carbocycles. The summed E-state index contributed by atoms with van der Waals surface area (Å²) in [6.45, 7) is 2.08. The molecule has 0 radical (unpaired) electrons. The van der Waals surface area contributed by atoms with Gasteiger partial charge in [-0.2, -0.15) is 0 Å².